The summed E-state index contributed by atoms with van der Waals surface area (Å²) in [6.07, 6.45) is 2.11. The summed E-state index contributed by atoms with van der Waals surface area (Å²) in [5.74, 6) is 0.380. The molecule has 2 N–H and O–H groups in total. The van der Waals surface area contributed by atoms with Crippen LogP contribution in [0.4, 0.5) is 17.3 Å². The van der Waals surface area contributed by atoms with Crippen LogP contribution in [0.15, 0.2) is 6.33 Å². The second-order valence-electron chi connectivity index (χ2n) is 5.11. The summed E-state index contributed by atoms with van der Waals surface area (Å²) >= 11 is 0. The average molecular weight is 283 g/mol. The lowest BCUT2D eigenvalue weighted by Gasteiger charge is -2.34. The summed E-state index contributed by atoms with van der Waals surface area (Å²) in [7, 11) is 1.66. The van der Waals surface area contributed by atoms with E-state index in [4.69, 9.17) is 0 Å². The molecule has 0 fully saturated rings. The molecule has 0 radical (unpaired) electrons. The minimum Gasteiger partial charge on any atom is -0.394 e. The molecule has 1 aromatic rings. The number of nitro groups is 1. The van der Waals surface area contributed by atoms with Gasteiger partial charge in [0.1, 0.15) is 6.33 Å². The molecule has 0 saturated carbocycles. The quantitative estimate of drug-likeness (QED) is 0.576. The maximum Gasteiger partial charge on any atom is 0.353 e. The Kier molecular flexibility index (Phi) is 5.20. The van der Waals surface area contributed by atoms with Crippen molar-refractivity contribution in [2.45, 2.75) is 32.7 Å². The van der Waals surface area contributed by atoms with Crippen LogP contribution in [-0.2, 0) is 0 Å². The third-order valence-electron chi connectivity index (χ3n) is 3.14. The first-order valence-corrected chi connectivity index (χ1v) is 6.43. The van der Waals surface area contributed by atoms with Gasteiger partial charge < -0.3 is 15.3 Å². The van der Waals surface area contributed by atoms with Gasteiger partial charge in [-0.3, -0.25) is 10.1 Å². The highest BCUT2D eigenvalue weighted by molar-refractivity contribution is 5.70. The van der Waals surface area contributed by atoms with E-state index in [1.807, 2.05) is 6.92 Å². The molecule has 0 aromatic carbocycles. The summed E-state index contributed by atoms with van der Waals surface area (Å²) in [5.41, 5.74) is -0.841. The van der Waals surface area contributed by atoms with Gasteiger partial charge in [0, 0.05) is 13.6 Å². The Morgan fingerprint density at radius 1 is 1.50 bits per heavy atom. The van der Waals surface area contributed by atoms with Crippen molar-refractivity contribution in [3.63, 3.8) is 0 Å². The fourth-order valence-corrected chi connectivity index (χ4v) is 1.55. The highest BCUT2D eigenvalue weighted by atomic mass is 16.6. The van der Waals surface area contributed by atoms with Crippen molar-refractivity contribution in [1.82, 2.24) is 9.97 Å². The highest BCUT2D eigenvalue weighted by Gasteiger charge is 2.32. The van der Waals surface area contributed by atoms with Crippen molar-refractivity contribution in [3.05, 3.63) is 16.4 Å². The van der Waals surface area contributed by atoms with E-state index < -0.39 is 10.5 Å². The first kappa shape index (κ1) is 16.1. The van der Waals surface area contributed by atoms with Crippen LogP contribution in [0.2, 0.25) is 0 Å². The van der Waals surface area contributed by atoms with Gasteiger partial charge in [-0.15, -0.1) is 0 Å². The van der Waals surface area contributed by atoms with Crippen LogP contribution in [0.5, 0.6) is 0 Å². The van der Waals surface area contributed by atoms with Gasteiger partial charge in [-0.05, 0) is 20.3 Å². The van der Waals surface area contributed by atoms with Gasteiger partial charge in [-0.2, -0.15) is 0 Å². The maximum absolute atomic E-state index is 11.3. The summed E-state index contributed by atoms with van der Waals surface area (Å²) in [6.45, 7) is 5.95. The average Bonchev–Trinajstić information content (AvgIpc) is 2.43. The number of rotatable bonds is 7. The molecule has 20 heavy (non-hydrogen) atoms. The highest BCUT2D eigenvalue weighted by Crippen LogP contribution is 2.34. The van der Waals surface area contributed by atoms with E-state index in [9.17, 15) is 15.2 Å². The van der Waals surface area contributed by atoms with E-state index in [0.717, 1.165) is 6.42 Å². The molecule has 0 aliphatic rings. The molecule has 0 spiro atoms. The summed E-state index contributed by atoms with van der Waals surface area (Å²) in [5, 5.41) is 23.6. The molecule has 8 heteroatoms. The van der Waals surface area contributed by atoms with E-state index in [1.54, 1.807) is 25.8 Å². The zero-order valence-corrected chi connectivity index (χ0v) is 12.3. The number of hydrogen-bond acceptors (Lipinski definition) is 7. The Hall–Kier alpha value is -1.96. The van der Waals surface area contributed by atoms with E-state index in [0.29, 0.717) is 6.54 Å². The summed E-state index contributed by atoms with van der Waals surface area (Å²) in [6, 6.07) is 0. The predicted octanol–water partition coefficient (Wildman–Crippen LogP) is 1.41. The van der Waals surface area contributed by atoms with Gasteiger partial charge in [0.05, 0.1) is 17.1 Å². The first-order valence-electron chi connectivity index (χ1n) is 6.43. The lowest BCUT2D eigenvalue weighted by atomic mass is 10.1. The smallest absolute Gasteiger partial charge is 0.353 e. The lowest BCUT2D eigenvalue weighted by Crippen LogP contribution is -2.45. The molecular formula is C12H21N5O3. The van der Waals surface area contributed by atoms with Crippen LogP contribution < -0.4 is 10.2 Å². The second kappa shape index (κ2) is 6.47. The standard InChI is InChI=1S/C12H21N5O3/c1-5-6-13-10-9(17(19)20)11(15-8-14-10)16(4)12(2,3)7-18/h8,18H,5-7H2,1-4H3,(H,13,14,15). The zero-order valence-electron chi connectivity index (χ0n) is 12.3. The second-order valence-corrected chi connectivity index (χ2v) is 5.11. The number of anilines is 2. The van der Waals surface area contributed by atoms with Crippen LogP contribution in [0.3, 0.4) is 0 Å². The van der Waals surface area contributed by atoms with E-state index in [1.165, 1.54) is 6.33 Å². The fourth-order valence-electron chi connectivity index (χ4n) is 1.55. The van der Waals surface area contributed by atoms with Gasteiger partial charge >= 0.3 is 5.69 Å². The molecule has 112 valence electrons. The largest absolute Gasteiger partial charge is 0.394 e. The molecule has 1 rings (SSSR count). The van der Waals surface area contributed by atoms with Crippen molar-refractivity contribution in [1.29, 1.82) is 0 Å². The number of aliphatic hydroxyl groups excluding tert-OH is 1. The summed E-state index contributed by atoms with van der Waals surface area (Å²) in [4.78, 5) is 20.3. The lowest BCUT2D eigenvalue weighted by molar-refractivity contribution is -0.383. The van der Waals surface area contributed by atoms with Gasteiger partial charge in [0.15, 0.2) is 0 Å². The van der Waals surface area contributed by atoms with Crippen LogP contribution >= 0.6 is 0 Å². The van der Waals surface area contributed by atoms with Crippen molar-refractivity contribution in [3.8, 4) is 0 Å². The van der Waals surface area contributed by atoms with Crippen molar-refractivity contribution >= 4 is 17.3 Å². The first-order chi connectivity index (χ1) is 9.35. The van der Waals surface area contributed by atoms with Crippen molar-refractivity contribution in [2.24, 2.45) is 0 Å². The number of aromatic nitrogens is 2. The fraction of sp³-hybridized carbons (Fsp3) is 0.667. The van der Waals surface area contributed by atoms with Crippen LogP contribution in [0.25, 0.3) is 0 Å². The Morgan fingerprint density at radius 3 is 2.65 bits per heavy atom. The van der Waals surface area contributed by atoms with E-state index >= 15 is 0 Å². The van der Waals surface area contributed by atoms with E-state index in [-0.39, 0.29) is 23.9 Å². The Morgan fingerprint density at radius 2 is 2.15 bits per heavy atom. The monoisotopic (exact) mass is 283 g/mol. The molecule has 0 aliphatic heterocycles. The molecule has 0 unspecified atom stereocenters. The third kappa shape index (κ3) is 3.32. The molecule has 8 nitrogen and oxygen atoms in total. The maximum atomic E-state index is 11.3. The Balaban J connectivity index is 3.29. The number of hydrogen-bond donors (Lipinski definition) is 2. The minimum atomic E-state index is -0.666. The Bertz CT molecular complexity index is 478. The normalized spacial score (nSPS) is 11.2. The van der Waals surface area contributed by atoms with Gasteiger partial charge in [0.2, 0.25) is 11.6 Å². The van der Waals surface area contributed by atoms with Crippen LogP contribution in [0.1, 0.15) is 27.2 Å². The predicted molar refractivity (Wildman–Crippen MR) is 77.0 cm³/mol. The number of likely N-dealkylation sites (N-methyl/N-ethyl adjacent to an activating group) is 1. The molecule has 1 aromatic heterocycles. The number of aliphatic hydroxyl groups is 1. The topological polar surface area (TPSA) is 104 Å². The van der Waals surface area contributed by atoms with Crippen molar-refractivity contribution < 1.29 is 10.0 Å². The molecule has 0 amide bonds. The van der Waals surface area contributed by atoms with Gasteiger partial charge in [-0.25, -0.2) is 9.97 Å². The van der Waals surface area contributed by atoms with Crippen LogP contribution in [-0.4, -0.2) is 45.7 Å². The van der Waals surface area contributed by atoms with Crippen LogP contribution in [0, 0.1) is 10.1 Å². The molecule has 0 bridgehead atoms. The zero-order chi connectivity index (χ0) is 15.3. The van der Waals surface area contributed by atoms with Gasteiger partial charge in [-0.1, -0.05) is 6.92 Å². The number of nitrogens with zero attached hydrogens (tertiary/aromatic N) is 4. The SMILES string of the molecule is CCCNc1ncnc(N(C)C(C)(C)CO)c1[N+](=O)[O-]. The molecule has 0 saturated heterocycles. The minimum absolute atomic E-state index is 0.150. The Labute approximate surface area is 118 Å². The van der Waals surface area contributed by atoms with E-state index in [2.05, 4.69) is 15.3 Å². The molecular weight excluding hydrogens is 262 g/mol. The summed E-state index contributed by atoms with van der Waals surface area (Å²) < 4.78 is 0. The number of nitrogens with one attached hydrogen (secondary N) is 1. The molecule has 1 heterocycles. The van der Waals surface area contributed by atoms with Gasteiger partial charge in [0.25, 0.3) is 0 Å². The molecule has 0 aliphatic carbocycles. The third-order valence-corrected chi connectivity index (χ3v) is 3.14. The van der Waals surface area contributed by atoms with Crippen molar-refractivity contribution in [2.75, 3.05) is 30.4 Å². The molecule has 0 atom stereocenters.